The molecule has 2 aliphatic heterocycles. The number of carbonyl (C=O) groups is 1. The van der Waals surface area contributed by atoms with E-state index >= 15 is 0 Å². The number of anilines is 2. The lowest BCUT2D eigenvalue weighted by Gasteiger charge is -2.35. The fourth-order valence-electron chi connectivity index (χ4n) is 3.93. The van der Waals surface area contributed by atoms with Gasteiger partial charge in [0.25, 0.3) is 0 Å². The van der Waals surface area contributed by atoms with Crippen molar-refractivity contribution >= 4 is 17.3 Å². The van der Waals surface area contributed by atoms with Crippen LogP contribution in [0, 0.1) is 0 Å². The van der Waals surface area contributed by atoms with Gasteiger partial charge in [-0.1, -0.05) is 13.0 Å². The molecule has 0 unspecified atom stereocenters. The number of nitrogens with one attached hydrogen (secondary N) is 1. The zero-order chi connectivity index (χ0) is 20.9. The highest BCUT2D eigenvalue weighted by Crippen LogP contribution is 2.32. The summed E-state index contributed by atoms with van der Waals surface area (Å²) in [5.74, 6) is 1.51. The van der Waals surface area contributed by atoms with E-state index in [-0.39, 0.29) is 12.7 Å². The summed E-state index contributed by atoms with van der Waals surface area (Å²) in [4.78, 5) is 19.3. The molecule has 7 heteroatoms. The van der Waals surface area contributed by atoms with E-state index in [1.165, 1.54) is 5.69 Å². The van der Waals surface area contributed by atoms with E-state index in [4.69, 9.17) is 9.47 Å². The van der Waals surface area contributed by atoms with Gasteiger partial charge in [-0.3, -0.25) is 9.69 Å². The van der Waals surface area contributed by atoms with Gasteiger partial charge in [-0.25, -0.2) is 0 Å². The summed E-state index contributed by atoms with van der Waals surface area (Å²) in [7, 11) is 1.93. The van der Waals surface area contributed by atoms with Gasteiger partial charge < -0.3 is 24.6 Å². The van der Waals surface area contributed by atoms with Crippen LogP contribution >= 0.6 is 0 Å². The van der Waals surface area contributed by atoms with Crippen LogP contribution in [0.3, 0.4) is 0 Å². The molecule has 0 saturated carbocycles. The highest BCUT2D eigenvalue weighted by molar-refractivity contribution is 5.92. The molecular weight excluding hydrogens is 380 g/mol. The topological polar surface area (TPSA) is 57.3 Å². The summed E-state index contributed by atoms with van der Waals surface area (Å²) in [6.45, 7) is 8.86. The van der Waals surface area contributed by atoms with Gasteiger partial charge in [-0.2, -0.15) is 0 Å². The van der Waals surface area contributed by atoms with E-state index in [2.05, 4.69) is 34.2 Å². The predicted molar refractivity (Wildman–Crippen MR) is 118 cm³/mol. The molecule has 2 aromatic carbocycles. The molecule has 0 aromatic heterocycles. The molecule has 0 bridgehead atoms. The second-order valence-electron chi connectivity index (χ2n) is 7.88. The molecule has 0 aliphatic carbocycles. The van der Waals surface area contributed by atoms with Crippen molar-refractivity contribution in [3.63, 3.8) is 0 Å². The third kappa shape index (κ3) is 5.04. The van der Waals surface area contributed by atoms with Crippen molar-refractivity contribution in [2.45, 2.75) is 13.5 Å². The highest BCUT2D eigenvalue weighted by atomic mass is 16.7. The number of amides is 1. The van der Waals surface area contributed by atoms with E-state index in [0.29, 0.717) is 13.1 Å². The first-order valence-electron chi connectivity index (χ1n) is 10.5. The molecular formula is C23H30N4O3. The van der Waals surface area contributed by atoms with Crippen molar-refractivity contribution in [3.05, 3.63) is 48.0 Å². The van der Waals surface area contributed by atoms with Crippen LogP contribution in [-0.2, 0) is 11.3 Å². The number of hydrogen-bond donors (Lipinski definition) is 1. The minimum Gasteiger partial charge on any atom is -0.454 e. The SMILES string of the molecule is CCN1CCN(c2ccc(NC(=O)CN(C)Cc3ccc4c(c3)OCO4)cc2)CC1. The molecule has 1 amide bonds. The maximum atomic E-state index is 12.4. The zero-order valence-corrected chi connectivity index (χ0v) is 17.8. The minimum absolute atomic E-state index is 0.0254. The number of nitrogens with zero attached hydrogens (tertiary/aromatic N) is 3. The van der Waals surface area contributed by atoms with E-state index in [1.54, 1.807) is 0 Å². The fraction of sp³-hybridized carbons (Fsp3) is 0.435. The Morgan fingerprint density at radius 1 is 1.03 bits per heavy atom. The van der Waals surface area contributed by atoms with Crippen LogP contribution in [0.25, 0.3) is 0 Å². The molecule has 30 heavy (non-hydrogen) atoms. The van der Waals surface area contributed by atoms with Crippen LogP contribution in [0.1, 0.15) is 12.5 Å². The number of fused-ring (bicyclic) bond motifs is 1. The maximum Gasteiger partial charge on any atom is 0.238 e. The number of rotatable bonds is 7. The van der Waals surface area contributed by atoms with Crippen molar-refractivity contribution in [2.24, 2.45) is 0 Å². The molecule has 1 saturated heterocycles. The first kappa shape index (κ1) is 20.5. The average Bonchev–Trinajstić information content (AvgIpc) is 3.22. The largest absolute Gasteiger partial charge is 0.454 e. The molecule has 160 valence electrons. The van der Waals surface area contributed by atoms with Crippen molar-refractivity contribution in [1.82, 2.24) is 9.80 Å². The smallest absolute Gasteiger partial charge is 0.238 e. The van der Waals surface area contributed by atoms with Crippen LogP contribution in [0.4, 0.5) is 11.4 Å². The minimum atomic E-state index is -0.0254. The third-order valence-corrected chi connectivity index (χ3v) is 5.64. The molecule has 7 nitrogen and oxygen atoms in total. The van der Waals surface area contributed by atoms with Gasteiger partial charge in [0.15, 0.2) is 11.5 Å². The molecule has 0 radical (unpaired) electrons. The van der Waals surface area contributed by atoms with E-state index in [9.17, 15) is 4.79 Å². The first-order chi connectivity index (χ1) is 14.6. The summed E-state index contributed by atoms with van der Waals surface area (Å²) in [5, 5.41) is 2.99. The van der Waals surface area contributed by atoms with Crippen molar-refractivity contribution in [2.75, 3.05) is 63.3 Å². The van der Waals surface area contributed by atoms with Gasteiger partial charge in [-0.05, 0) is 55.6 Å². The van der Waals surface area contributed by atoms with Crippen LogP contribution in [0.5, 0.6) is 11.5 Å². The summed E-state index contributed by atoms with van der Waals surface area (Å²) >= 11 is 0. The Balaban J connectivity index is 1.25. The second-order valence-corrected chi connectivity index (χ2v) is 7.88. The third-order valence-electron chi connectivity index (χ3n) is 5.64. The lowest BCUT2D eigenvalue weighted by Crippen LogP contribution is -2.46. The average molecular weight is 411 g/mol. The second kappa shape index (κ2) is 9.36. The molecule has 0 spiro atoms. The van der Waals surface area contributed by atoms with Gasteiger partial charge in [0.1, 0.15) is 0 Å². The molecule has 0 atom stereocenters. The normalized spacial score (nSPS) is 16.2. The van der Waals surface area contributed by atoms with Gasteiger partial charge >= 0.3 is 0 Å². The Bertz CT molecular complexity index is 863. The quantitative estimate of drug-likeness (QED) is 0.757. The number of likely N-dealkylation sites (N-methyl/N-ethyl adjacent to an activating group) is 2. The van der Waals surface area contributed by atoms with Gasteiger partial charge in [0.2, 0.25) is 12.7 Å². The highest BCUT2D eigenvalue weighted by Gasteiger charge is 2.17. The van der Waals surface area contributed by atoms with Gasteiger partial charge in [0.05, 0.1) is 6.54 Å². The zero-order valence-electron chi connectivity index (χ0n) is 17.8. The van der Waals surface area contributed by atoms with Crippen LogP contribution < -0.4 is 19.7 Å². The summed E-state index contributed by atoms with van der Waals surface area (Å²) < 4.78 is 10.8. The Kier molecular flexibility index (Phi) is 6.40. The molecule has 2 aliphatic rings. The molecule has 1 fully saturated rings. The standard InChI is InChI=1S/C23H30N4O3/c1-3-26-10-12-27(13-11-26)20-7-5-19(6-8-20)24-23(28)16-25(2)15-18-4-9-21-22(14-18)30-17-29-21/h4-9,14H,3,10-13,15-17H2,1-2H3,(H,24,28). The van der Waals surface area contributed by atoms with Crippen molar-refractivity contribution in [3.8, 4) is 11.5 Å². The molecule has 1 N–H and O–H groups in total. The number of benzene rings is 2. The van der Waals surface area contributed by atoms with Gasteiger partial charge in [-0.15, -0.1) is 0 Å². The van der Waals surface area contributed by atoms with E-state index in [1.807, 2.05) is 42.3 Å². The fourth-order valence-corrected chi connectivity index (χ4v) is 3.93. The number of ether oxygens (including phenoxy) is 2. The summed E-state index contributed by atoms with van der Waals surface area (Å²) in [6.07, 6.45) is 0. The lowest BCUT2D eigenvalue weighted by molar-refractivity contribution is -0.117. The molecule has 4 rings (SSSR count). The summed E-state index contributed by atoms with van der Waals surface area (Å²) in [6, 6.07) is 14.0. The van der Waals surface area contributed by atoms with Crippen LogP contribution in [-0.4, -0.2) is 68.8 Å². The maximum absolute atomic E-state index is 12.4. The Morgan fingerprint density at radius 3 is 2.50 bits per heavy atom. The lowest BCUT2D eigenvalue weighted by atomic mass is 10.2. The number of carbonyl (C=O) groups excluding carboxylic acids is 1. The monoisotopic (exact) mass is 410 g/mol. The Morgan fingerprint density at radius 2 is 1.77 bits per heavy atom. The Labute approximate surface area is 178 Å². The number of hydrogen-bond acceptors (Lipinski definition) is 6. The van der Waals surface area contributed by atoms with Crippen LogP contribution in [0.2, 0.25) is 0 Å². The van der Waals surface area contributed by atoms with Crippen molar-refractivity contribution < 1.29 is 14.3 Å². The first-order valence-corrected chi connectivity index (χ1v) is 10.5. The van der Waals surface area contributed by atoms with E-state index in [0.717, 1.165) is 55.5 Å². The van der Waals surface area contributed by atoms with Gasteiger partial charge in [0, 0.05) is 44.1 Å². The number of piperazine rings is 1. The molecule has 2 heterocycles. The predicted octanol–water partition coefficient (Wildman–Crippen LogP) is 2.63. The Hall–Kier alpha value is -2.77. The van der Waals surface area contributed by atoms with Crippen LogP contribution in [0.15, 0.2) is 42.5 Å². The van der Waals surface area contributed by atoms with E-state index < -0.39 is 0 Å². The molecule has 2 aromatic rings. The van der Waals surface area contributed by atoms with Crippen molar-refractivity contribution in [1.29, 1.82) is 0 Å². The summed E-state index contributed by atoms with van der Waals surface area (Å²) in [5.41, 5.74) is 3.12.